The number of hydrogen-bond donors (Lipinski definition) is 0. The van der Waals surface area contributed by atoms with Gasteiger partial charge in [-0.2, -0.15) is 0 Å². The molecule has 0 aliphatic rings. The fourth-order valence-electron chi connectivity index (χ4n) is 0.482. The zero-order valence-corrected chi connectivity index (χ0v) is 7.61. The lowest BCUT2D eigenvalue weighted by Crippen LogP contribution is -1.96. The second kappa shape index (κ2) is 5.31. The number of allylic oxidation sites excluding steroid dienone is 4. The maximum Gasteiger partial charge on any atom is 0.192 e. The normalized spacial score (nSPS) is 17.3. The highest BCUT2D eigenvalue weighted by molar-refractivity contribution is 7.16. The molecular weight excluding hydrogens is 191 g/mol. The zero-order chi connectivity index (χ0) is 9.72. The quantitative estimate of drug-likeness (QED) is 0.372. The molecule has 0 aliphatic heterocycles. The van der Waals surface area contributed by atoms with Crippen molar-refractivity contribution in [2.75, 3.05) is 6.16 Å². The summed E-state index contributed by atoms with van der Waals surface area (Å²) in [5, 5.41) is 0. The van der Waals surface area contributed by atoms with Gasteiger partial charge in [-0.15, -0.1) is 9.24 Å². The summed E-state index contributed by atoms with van der Waals surface area (Å²) in [6.07, 6.45) is -1.16. The minimum Gasteiger partial charge on any atom is -0.240 e. The van der Waals surface area contributed by atoms with Crippen LogP contribution in [0.1, 0.15) is 6.92 Å². The van der Waals surface area contributed by atoms with Gasteiger partial charge in [0.05, 0.1) is 0 Å². The fraction of sp³-hybridized carbons (Fsp3) is 0.429. The average Bonchev–Trinajstić information content (AvgIpc) is 2.02. The van der Waals surface area contributed by atoms with Crippen LogP contribution < -0.4 is 0 Å². The molecule has 0 saturated heterocycles. The van der Waals surface area contributed by atoms with Crippen molar-refractivity contribution < 1.29 is 17.6 Å². The Balaban J connectivity index is 4.66. The standard InChI is InChI=1S/C7H9F4P/c1-4(8)6(10)7(11)5(9)2-3-12/h2,4H,3,12H2,1H3/b5-2+,7-6-. The first-order valence-corrected chi connectivity index (χ1v) is 4.07. The third-order valence-electron chi connectivity index (χ3n) is 1.07. The van der Waals surface area contributed by atoms with E-state index < -0.39 is 23.7 Å². The average molecular weight is 200 g/mol. The Kier molecular flexibility index (Phi) is 5.14. The van der Waals surface area contributed by atoms with E-state index in [2.05, 4.69) is 9.24 Å². The predicted octanol–water partition coefficient (Wildman–Crippen LogP) is 3.22. The Morgan fingerprint density at radius 3 is 2.25 bits per heavy atom. The molecule has 2 atom stereocenters. The third-order valence-corrected chi connectivity index (χ3v) is 1.30. The molecule has 0 radical (unpaired) electrons. The summed E-state index contributed by atoms with van der Waals surface area (Å²) in [6, 6.07) is 0. The van der Waals surface area contributed by atoms with E-state index in [9.17, 15) is 17.6 Å². The molecule has 0 bridgehead atoms. The first kappa shape index (κ1) is 11.6. The summed E-state index contributed by atoms with van der Waals surface area (Å²) in [5.74, 6) is -4.83. The molecule has 0 aromatic heterocycles. The van der Waals surface area contributed by atoms with Crippen LogP contribution in [0.5, 0.6) is 0 Å². The van der Waals surface area contributed by atoms with Crippen LogP contribution in [0.25, 0.3) is 0 Å². The Morgan fingerprint density at radius 1 is 1.42 bits per heavy atom. The molecule has 0 nitrogen and oxygen atoms in total. The first-order chi connectivity index (χ1) is 5.50. The number of hydrogen-bond acceptors (Lipinski definition) is 0. The van der Waals surface area contributed by atoms with Gasteiger partial charge in [0.2, 0.25) is 0 Å². The van der Waals surface area contributed by atoms with Crippen LogP contribution in [-0.2, 0) is 0 Å². The summed E-state index contributed by atoms with van der Waals surface area (Å²) >= 11 is 0. The molecule has 12 heavy (non-hydrogen) atoms. The van der Waals surface area contributed by atoms with Gasteiger partial charge in [-0.3, -0.25) is 0 Å². The minimum atomic E-state index is -2.12. The maximum absolute atomic E-state index is 12.4. The van der Waals surface area contributed by atoms with Gasteiger partial charge in [0.1, 0.15) is 0 Å². The van der Waals surface area contributed by atoms with E-state index >= 15 is 0 Å². The number of halogens is 4. The summed E-state index contributed by atoms with van der Waals surface area (Å²) in [5.41, 5.74) is 0. The second-order valence-electron chi connectivity index (χ2n) is 2.07. The van der Waals surface area contributed by atoms with Gasteiger partial charge in [-0.25, -0.2) is 17.6 Å². The van der Waals surface area contributed by atoms with Crippen LogP contribution in [0.2, 0.25) is 0 Å². The smallest absolute Gasteiger partial charge is 0.192 e. The molecular formula is C7H9F4P. The fourth-order valence-corrected chi connectivity index (χ4v) is 0.689. The van der Waals surface area contributed by atoms with Gasteiger partial charge >= 0.3 is 0 Å². The Labute approximate surface area is 70.5 Å². The zero-order valence-electron chi connectivity index (χ0n) is 6.45. The highest BCUT2D eigenvalue weighted by Gasteiger charge is 2.16. The molecule has 0 saturated carbocycles. The van der Waals surface area contributed by atoms with Gasteiger partial charge in [0.15, 0.2) is 23.7 Å². The number of alkyl halides is 1. The summed E-state index contributed by atoms with van der Waals surface area (Å²) in [4.78, 5) is 0. The van der Waals surface area contributed by atoms with Crippen LogP contribution in [0.15, 0.2) is 23.6 Å². The topological polar surface area (TPSA) is 0 Å². The van der Waals surface area contributed by atoms with Crippen molar-refractivity contribution in [1.29, 1.82) is 0 Å². The van der Waals surface area contributed by atoms with E-state index in [0.717, 1.165) is 13.0 Å². The highest BCUT2D eigenvalue weighted by atomic mass is 31.0. The third kappa shape index (κ3) is 3.35. The molecule has 0 fully saturated rings. The van der Waals surface area contributed by atoms with Crippen LogP contribution >= 0.6 is 9.24 Å². The first-order valence-electron chi connectivity index (χ1n) is 3.26. The van der Waals surface area contributed by atoms with Crippen molar-refractivity contribution in [2.24, 2.45) is 0 Å². The van der Waals surface area contributed by atoms with E-state index in [1.165, 1.54) is 0 Å². The van der Waals surface area contributed by atoms with Crippen LogP contribution in [0, 0.1) is 0 Å². The lowest BCUT2D eigenvalue weighted by molar-refractivity contribution is 0.330. The SMILES string of the molecule is CC(F)/C(F)=C(F)\C(F)=C/CP. The molecule has 0 N–H and O–H groups in total. The number of rotatable bonds is 3. The Bertz CT molecular complexity index is 207. The van der Waals surface area contributed by atoms with Crippen molar-refractivity contribution in [2.45, 2.75) is 13.1 Å². The lowest BCUT2D eigenvalue weighted by atomic mass is 10.3. The summed E-state index contributed by atoms with van der Waals surface area (Å²) < 4.78 is 49.3. The largest absolute Gasteiger partial charge is 0.240 e. The van der Waals surface area contributed by atoms with Gasteiger partial charge < -0.3 is 0 Å². The van der Waals surface area contributed by atoms with Crippen molar-refractivity contribution >= 4 is 9.24 Å². The molecule has 0 spiro atoms. The van der Waals surface area contributed by atoms with Crippen molar-refractivity contribution in [3.8, 4) is 0 Å². The molecule has 0 amide bonds. The minimum absolute atomic E-state index is 0.146. The molecule has 5 heteroatoms. The summed E-state index contributed by atoms with van der Waals surface area (Å²) in [7, 11) is 2.10. The van der Waals surface area contributed by atoms with Crippen molar-refractivity contribution in [1.82, 2.24) is 0 Å². The van der Waals surface area contributed by atoms with Gasteiger partial charge in [0.25, 0.3) is 0 Å². The van der Waals surface area contributed by atoms with E-state index in [1.807, 2.05) is 0 Å². The van der Waals surface area contributed by atoms with E-state index in [1.54, 1.807) is 0 Å². The van der Waals surface area contributed by atoms with E-state index in [0.29, 0.717) is 0 Å². The highest BCUT2D eigenvalue weighted by Crippen LogP contribution is 2.22. The van der Waals surface area contributed by atoms with E-state index in [4.69, 9.17) is 0 Å². The monoisotopic (exact) mass is 200 g/mol. The van der Waals surface area contributed by atoms with Crippen LogP contribution in [-0.4, -0.2) is 12.3 Å². The lowest BCUT2D eigenvalue weighted by Gasteiger charge is -1.98. The van der Waals surface area contributed by atoms with Crippen molar-refractivity contribution in [3.05, 3.63) is 23.6 Å². The van der Waals surface area contributed by atoms with Crippen LogP contribution in [0.4, 0.5) is 17.6 Å². The van der Waals surface area contributed by atoms with Gasteiger partial charge in [-0.1, -0.05) is 0 Å². The predicted molar refractivity (Wildman–Crippen MR) is 43.6 cm³/mol. The molecule has 70 valence electrons. The van der Waals surface area contributed by atoms with Gasteiger partial charge in [0, 0.05) is 0 Å². The molecule has 0 aliphatic carbocycles. The Morgan fingerprint density at radius 2 is 1.92 bits per heavy atom. The maximum atomic E-state index is 12.4. The van der Waals surface area contributed by atoms with Crippen molar-refractivity contribution in [3.63, 3.8) is 0 Å². The molecule has 0 aromatic rings. The Hall–Kier alpha value is -0.370. The van der Waals surface area contributed by atoms with E-state index in [-0.39, 0.29) is 6.16 Å². The molecule has 0 aromatic carbocycles. The molecule has 0 rings (SSSR count). The van der Waals surface area contributed by atoms with Crippen LogP contribution in [0.3, 0.4) is 0 Å². The van der Waals surface area contributed by atoms with Gasteiger partial charge in [-0.05, 0) is 19.2 Å². The molecule has 2 unspecified atom stereocenters. The molecule has 0 heterocycles. The second-order valence-corrected chi connectivity index (χ2v) is 2.54. The summed E-state index contributed by atoms with van der Waals surface area (Å²) in [6.45, 7) is 0.795.